The summed E-state index contributed by atoms with van der Waals surface area (Å²) in [6.07, 6.45) is 7.42. The summed E-state index contributed by atoms with van der Waals surface area (Å²) in [4.78, 5) is 0. The molecule has 0 saturated carbocycles. The van der Waals surface area contributed by atoms with E-state index in [0.29, 0.717) is 26.1 Å². The van der Waals surface area contributed by atoms with Gasteiger partial charge in [0.2, 0.25) is 0 Å². The highest BCUT2D eigenvalue weighted by molar-refractivity contribution is 4.72. The highest BCUT2D eigenvalue weighted by Gasteiger charge is 2.02. The van der Waals surface area contributed by atoms with Crippen LogP contribution in [-0.2, 0) is 4.74 Å². The summed E-state index contributed by atoms with van der Waals surface area (Å²) in [5, 5.41) is 18.8. The molecule has 0 aliphatic heterocycles. The fourth-order valence-corrected chi connectivity index (χ4v) is 1.56. The summed E-state index contributed by atoms with van der Waals surface area (Å²) in [5.41, 5.74) is 0. The Balaban J connectivity index is 3.18. The predicted octanol–water partition coefficient (Wildman–Crippen LogP) is 2.44. The summed E-state index contributed by atoms with van der Waals surface area (Å²) < 4.78 is 5.42. The Bertz CT molecular complexity index is 172. The number of aliphatic hydroxyl groups is 2. The van der Waals surface area contributed by atoms with Gasteiger partial charge >= 0.3 is 0 Å². The van der Waals surface area contributed by atoms with E-state index < -0.39 is 0 Å². The maximum atomic E-state index is 9.41. The van der Waals surface area contributed by atoms with Crippen molar-refractivity contribution in [3.8, 4) is 0 Å². The standard InChI is InChI=1S/C14H26O3/c1-3-7-13(15)9-5-11-17-12-6-10-14(16)8-4-2/h3-4,13-16H,1-2,5-12H2. The molecule has 3 heteroatoms. The van der Waals surface area contributed by atoms with Crippen LogP contribution >= 0.6 is 0 Å². The molecule has 0 bridgehead atoms. The van der Waals surface area contributed by atoms with Crippen LogP contribution < -0.4 is 0 Å². The number of hydrogen-bond acceptors (Lipinski definition) is 3. The Morgan fingerprint density at radius 1 is 0.882 bits per heavy atom. The van der Waals surface area contributed by atoms with Crippen LogP contribution in [0.1, 0.15) is 38.5 Å². The first kappa shape index (κ1) is 16.4. The molecule has 0 radical (unpaired) electrons. The van der Waals surface area contributed by atoms with Gasteiger partial charge in [0.15, 0.2) is 0 Å². The van der Waals surface area contributed by atoms with E-state index in [1.807, 2.05) is 0 Å². The second kappa shape index (κ2) is 11.8. The molecule has 17 heavy (non-hydrogen) atoms. The fraction of sp³-hybridized carbons (Fsp3) is 0.714. The van der Waals surface area contributed by atoms with Crippen molar-refractivity contribution >= 4 is 0 Å². The third-order valence-corrected chi connectivity index (χ3v) is 2.53. The molecule has 0 aromatic rings. The maximum absolute atomic E-state index is 9.41. The van der Waals surface area contributed by atoms with Gasteiger partial charge in [-0.3, -0.25) is 0 Å². The van der Waals surface area contributed by atoms with E-state index in [1.54, 1.807) is 12.2 Å². The monoisotopic (exact) mass is 242 g/mol. The Kier molecular flexibility index (Phi) is 11.4. The molecule has 2 N–H and O–H groups in total. The molecule has 0 heterocycles. The second-order valence-corrected chi connectivity index (χ2v) is 4.25. The third kappa shape index (κ3) is 11.6. The molecule has 0 aromatic heterocycles. The summed E-state index contributed by atoms with van der Waals surface area (Å²) in [7, 11) is 0. The molecule has 0 aliphatic rings. The normalized spacial score (nSPS) is 14.2. The van der Waals surface area contributed by atoms with Gasteiger partial charge in [-0.15, -0.1) is 13.2 Å². The Morgan fingerprint density at radius 2 is 1.29 bits per heavy atom. The number of ether oxygens (including phenoxy) is 1. The summed E-state index contributed by atoms with van der Waals surface area (Å²) in [5.74, 6) is 0. The zero-order chi connectivity index (χ0) is 12.9. The van der Waals surface area contributed by atoms with Crippen LogP contribution in [-0.4, -0.2) is 35.6 Å². The number of hydrogen-bond donors (Lipinski definition) is 2. The van der Waals surface area contributed by atoms with Gasteiger partial charge in [-0.25, -0.2) is 0 Å². The topological polar surface area (TPSA) is 49.7 Å². The molecule has 0 rings (SSSR count). The molecule has 0 fully saturated rings. The Morgan fingerprint density at radius 3 is 1.65 bits per heavy atom. The van der Waals surface area contributed by atoms with Gasteiger partial charge in [0, 0.05) is 13.2 Å². The van der Waals surface area contributed by atoms with Crippen LogP contribution in [0.4, 0.5) is 0 Å². The highest BCUT2D eigenvalue weighted by Crippen LogP contribution is 2.04. The van der Waals surface area contributed by atoms with Crippen LogP contribution in [0.25, 0.3) is 0 Å². The minimum absolute atomic E-state index is 0.287. The zero-order valence-electron chi connectivity index (χ0n) is 10.7. The van der Waals surface area contributed by atoms with Crippen LogP contribution in [0.5, 0.6) is 0 Å². The van der Waals surface area contributed by atoms with Crippen molar-refractivity contribution in [2.45, 2.75) is 50.7 Å². The van der Waals surface area contributed by atoms with E-state index in [0.717, 1.165) is 25.7 Å². The summed E-state index contributed by atoms with van der Waals surface area (Å²) >= 11 is 0. The lowest BCUT2D eigenvalue weighted by molar-refractivity contribution is 0.0928. The molecule has 0 aromatic carbocycles. The van der Waals surface area contributed by atoms with Gasteiger partial charge in [-0.1, -0.05) is 12.2 Å². The van der Waals surface area contributed by atoms with Crippen molar-refractivity contribution in [2.24, 2.45) is 0 Å². The van der Waals surface area contributed by atoms with Crippen molar-refractivity contribution < 1.29 is 14.9 Å². The van der Waals surface area contributed by atoms with Crippen LogP contribution in [0.2, 0.25) is 0 Å². The van der Waals surface area contributed by atoms with Crippen molar-refractivity contribution in [1.82, 2.24) is 0 Å². The van der Waals surface area contributed by atoms with E-state index in [2.05, 4.69) is 13.2 Å². The lowest BCUT2D eigenvalue weighted by Crippen LogP contribution is -2.09. The van der Waals surface area contributed by atoms with E-state index in [1.165, 1.54) is 0 Å². The third-order valence-electron chi connectivity index (χ3n) is 2.53. The lowest BCUT2D eigenvalue weighted by atomic mass is 10.1. The highest BCUT2D eigenvalue weighted by atomic mass is 16.5. The first-order valence-corrected chi connectivity index (χ1v) is 6.36. The SMILES string of the molecule is C=CCC(O)CCCOCCCC(O)CC=C. The quantitative estimate of drug-likeness (QED) is 0.408. The molecule has 0 spiro atoms. The van der Waals surface area contributed by atoms with E-state index in [4.69, 9.17) is 4.74 Å². The lowest BCUT2D eigenvalue weighted by Gasteiger charge is -2.09. The fourth-order valence-electron chi connectivity index (χ4n) is 1.56. The van der Waals surface area contributed by atoms with Crippen molar-refractivity contribution in [1.29, 1.82) is 0 Å². The summed E-state index contributed by atoms with van der Waals surface area (Å²) in [6.45, 7) is 8.50. The molecule has 3 nitrogen and oxygen atoms in total. The average Bonchev–Trinajstić information content (AvgIpc) is 2.28. The van der Waals surface area contributed by atoms with E-state index >= 15 is 0 Å². The maximum Gasteiger partial charge on any atom is 0.0575 e. The average molecular weight is 242 g/mol. The first-order chi connectivity index (χ1) is 8.20. The van der Waals surface area contributed by atoms with Gasteiger partial charge in [0.25, 0.3) is 0 Å². The van der Waals surface area contributed by atoms with Crippen molar-refractivity contribution in [3.05, 3.63) is 25.3 Å². The van der Waals surface area contributed by atoms with Gasteiger partial charge in [0.05, 0.1) is 12.2 Å². The van der Waals surface area contributed by atoms with Crippen LogP contribution in [0.3, 0.4) is 0 Å². The van der Waals surface area contributed by atoms with Crippen molar-refractivity contribution in [3.63, 3.8) is 0 Å². The smallest absolute Gasteiger partial charge is 0.0575 e. The van der Waals surface area contributed by atoms with Crippen LogP contribution in [0.15, 0.2) is 25.3 Å². The molecule has 100 valence electrons. The Hall–Kier alpha value is -0.640. The first-order valence-electron chi connectivity index (χ1n) is 6.36. The second-order valence-electron chi connectivity index (χ2n) is 4.25. The van der Waals surface area contributed by atoms with E-state index in [9.17, 15) is 10.2 Å². The largest absolute Gasteiger partial charge is 0.393 e. The molecule has 2 atom stereocenters. The van der Waals surface area contributed by atoms with Crippen LogP contribution in [0, 0.1) is 0 Å². The molecular formula is C14H26O3. The zero-order valence-corrected chi connectivity index (χ0v) is 10.7. The van der Waals surface area contributed by atoms with E-state index in [-0.39, 0.29) is 12.2 Å². The molecule has 0 aliphatic carbocycles. The minimum Gasteiger partial charge on any atom is -0.393 e. The number of rotatable bonds is 12. The molecule has 0 saturated heterocycles. The summed E-state index contributed by atoms with van der Waals surface area (Å²) in [6, 6.07) is 0. The molecular weight excluding hydrogens is 216 g/mol. The van der Waals surface area contributed by atoms with Gasteiger partial charge in [-0.05, 0) is 38.5 Å². The predicted molar refractivity (Wildman–Crippen MR) is 70.9 cm³/mol. The minimum atomic E-state index is -0.287. The Labute approximate surface area is 105 Å². The van der Waals surface area contributed by atoms with Crippen molar-refractivity contribution in [2.75, 3.05) is 13.2 Å². The van der Waals surface area contributed by atoms with Gasteiger partial charge in [-0.2, -0.15) is 0 Å². The molecule has 2 unspecified atom stereocenters. The number of aliphatic hydroxyl groups excluding tert-OH is 2. The van der Waals surface area contributed by atoms with Gasteiger partial charge < -0.3 is 14.9 Å². The van der Waals surface area contributed by atoms with Gasteiger partial charge in [0.1, 0.15) is 0 Å². The molecule has 0 amide bonds.